The van der Waals surface area contributed by atoms with E-state index < -0.39 is 22.4 Å². The Morgan fingerprint density at radius 1 is 1.00 bits per heavy atom. The van der Waals surface area contributed by atoms with Crippen LogP contribution in [0.4, 0.5) is 0 Å². The van der Waals surface area contributed by atoms with Crippen molar-refractivity contribution in [2.75, 3.05) is 19.8 Å². The van der Waals surface area contributed by atoms with Gasteiger partial charge in [0.05, 0.1) is 18.8 Å². The Kier molecular flexibility index (Phi) is 6.65. The maximum absolute atomic E-state index is 12.5. The van der Waals surface area contributed by atoms with Crippen LogP contribution in [-0.2, 0) is 9.47 Å². The standard InChI is InChI=1S/C35H43NO5/c1-23-19-27-29-10-13-33(38,12-4-16-37)32(29,2)20-28(25-8-6-24(7-9-25)26-5-3-15-36-21-26)31(27)30-11-14-34(22-35(23,30)39)40-17-18-41-34/h3,5-9,15,21,23,27-31,37-39H,10-11,13-14,16-20,22H2,1-2H3/t23-,27+,28-,29+,30-,31-,32+,33+,35+/m1/s1. The molecule has 9 atom stereocenters. The van der Waals surface area contributed by atoms with Crippen molar-refractivity contribution in [2.24, 2.45) is 35.0 Å². The molecule has 1 aliphatic heterocycles. The first-order valence-corrected chi connectivity index (χ1v) is 15.6. The molecule has 0 unspecified atom stereocenters. The summed E-state index contributed by atoms with van der Waals surface area (Å²) in [5.41, 5.74) is 1.11. The molecule has 4 aliphatic carbocycles. The maximum Gasteiger partial charge on any atom is 0.171 e. The topological polar surface area (TPSA) is 92.0 Å². The van der Waals surface area contributed by atoms with Crippen LogP contribution in [0, 0.1) is 46.8 Å². The number of fused-ring (bicyclic) bond motifs is 5. The van der Waals surface area contributed by atoms with Gasteiger partial charge in [0, 0.05) is 30.7 Å². The third-order valence-corrected chi connectivity index (χ3v) is 12.2. The van der Waals surface area contributed by atoms with Crippen LogP contribution in [0.3, 0.4) is 0 Å². The van der Waals surface area contributed by atoms with Crippen molar-refractivity contribution in [3.05, 3.63) is 54.4 Å². The fraction of sp³-hybridized carbons (Fsp3) is 0.629. The number of aliphatic hydroxyl groups excluding tert-OH is 1. The molecule has 1 aromatic heterocycles. The Morgan fingerprint density at radius 3 is 2.46 bits per heavy atom. The molecule has 41 heavy (non-hydrogen) atoms. The molecule has 5 fully saturated rings. The van der Waals surface area contributed by atoms with Gasteiger partial charge in [0.2, 0.25) is 0 Å². The third-order valence-electron chi connectivity index (χ3n) is 12.2. The Labute approximate surface area is 243 Å². The number of hydrogen-bond acceptors (Lipinski definition) is 6. The van der Waals surface area contributed by atoms with Gasteiger partial charge < -0.3 is 24.8 Å². The fourth-order valence-electron chi connectivity index (χ4n) is 10.2. The van der Waals surface area contributed by atoms with Gasteiger partial charge in [0.1, 0.15) is 12.2 Å². The molecule has 2 heterocycles. The van der Waals surface area contributed by atoms with Crippen LogP contribution in [-0.4, -0.2) is 57.1 Å². The van der Waals surface area contributed by atoms with Crippen LogP contribution in [0.1, 0.15) is 70.3 Å². The zero-order valence-electron chi connectivity index (χ0n) is 24.3. The molecule has 6 nitrogen and oxygen atoms in total. The summed E-state index contributed by atoms with van der Waals surface area (Å²) in [5, 5.41) is 34.1. The minimum Gasteiger partial charge on any atom is -0.389 e. The van der Waals surface area contributed by atoms with Gasteiger partial charge in [0.25, 0.3) is 0 Å². The van der Waals surface area contributed by atoms with E-state index in [1.807, 2.05) is 12.3 Å². The third kappa shape index (κ3) is 4.15. The van der Waals surface area contributed by atoms with E-state index in [0.29, 0.717) is 43.8 Å². The predicted octanol–water partition coefficient (Wildman–Crippen LogP) is 4.93. The predicted molar refractivity (Wildman–Crippen MR) is 155 cm³/mol. The Hall–Kier alpha value is -2.27. The lowest BCUT2D eigenvalue weighted by atomic mass is 9.43. The highest BCUT2D eigenvalue weighted by atomic mass is 16.7. The van der Waals surface area contributed by atoms with Crippen LogP contribution in [0.15, 0.2) is 48.8 Å². The van der Waals surface area contributed by atoms with Gasteiger partial charge in [-0.15, -0.1) is 0 Å². The van der Waals surface area contributed by atoms with Crippen molar-refractivity contribution in [1.82, 2.24) is 4.98 Å². The van der Waals surface area contributed by atoms with Crippen LogP contribution < -0.4 is 0 Å². The van der Waals surface area contributed by atoms with E-state index in [-0.39, 0.29) is 24.4 Å². The van der Waals surface area contributed by atoms with E-state index in [9.17, 15) is 15.3 Å². The summed E-state index contributed by atoms with van der Waals surface area (Å²) in [5.74, 6) is 6.69. The highest BCUT2D eigenvalue weighted by Gasteiger charge is 2.69. The van der Waals surface area contributed by atoms with Gasteiger partial charge in [0.15, 0.2) is 5.79 Å². The van der Waals surface area contributed by atoms with E-state index in [2.05, 4.69) is 61.0 Å². The lowest BCUT2D eigenvalue weighted by molar-refractivity contribution is -0.273. The zero-order valence-corrected chi connectivity index (χ0v) is 24.3. The molecule has 5 aliphatic rings. The molecular formula is C35H43NO5. The molecule has 3 N–H and O–H groups in total. The molecule has 2 aromatic rings. The van der Waals surface area contributed by atoms with E-state index in [4.69, 9.17) is 9.47 Å². The molecule has 7 rings (SSSR count). The smallest absolute Gasteiger partial charge is 0.171 e. The molecule has 218 valence electrons. The number of aromatic nitrogens is 1. The number of pyridine rings is 1. The average Bonchev–Trinajstić information content (AvgIpc) is 3.54. The Morgan fingerprint density at radius 2 is 1.76 bits per heavy atom. The van der Waals surface area contributed by atoms with Gasteiger partial charge in [-0.05, 0) is 90.4 Å². The molecule has 1 aromatic carbocycles. The summed E-state index contributed by atoms with van der Waals surface area (Å²) in [6.07, 6.45) is 9.20. The number of ether oxygens (including phenoxy) is 2. The number of aliphatic hydroxyl groups is 3. The number of benzene rings is 1. The Bertz CT molecular complexity index is 1330. The van der Waals surface area contributed by atoms with Gasteiger partial charge >= 0.3 is 0 Å². The number of hydrogen-bond donors (Lipinski definition) is 3. The van der Waals surface area contributed by atoms with Gasteiger partial charge in [-0.2, -0.15) is 0 Å². The maximum atomic E-state index is 12.5. The second-order valence-corrected chi connectivity index (χ2v) is 13.9. The molecule has 1 saturated heterocycles. The average molecular weight is 558 g/mol. The SMILES string of the molecule is C[C@@H]1C[C@@H]2[C@H]([C@@H](c3ccc(-c4cccnc4)cc3)C[C@@]3(C)[C@H]2CC[C@@]3(O)C#CCO)[C@H]2CCC3(C[C@]12O)OCCO3. The molecule has 6 heteroatoms. The van der Waals surface area contributed by atoms with Crippen molar-refractivity contribution < 1.29 is 24.8 Å². The van der Waals surface area contributed by atoms with E-state index >= 15 is 0 Å². The monoisotopic (exact) mass is 557 g/mol. The van der Waals surface area contributed by atoms with Crippen LogP contribution in [0.5, 0.6) is 0 Å². The van der Waals surface area contributed by atoms with Crippen LogP contribution in [0.25, 0.3) is 11.1 Å². The molecule has 4 saturated carbocycles. The van der Waals surface area contributed by atoms with E-state index in [0.717, 1.165) is 43.2 Å². The molecular weight excluding hydrogens is 514 g/mol. The second kappa shape index (κ2) is 9.89. The summed E-state index contributed by atoms with van der Waals surface area (Å²) in [6.45, 7) is 5.41. The fourth-order valence-corrected chi connectivity index (χ4v) is 10.2. The first-order valence-electron chi connectivity index (χ1n) is 15.6. The minimum absolute atomic E-state index is 0.104. The van der Waals surface area contributed by atoms with Gasteiger partial charge in [-0.3, -0.25) is 4.98 Å². The Balaban J connectivity index is 1.31. The van der Waals surface area contributed by atoms with Crippen LogP contribution >= 0.6 is 0 Å². The summed E-state index contributed by atoms with van der Waals surface area (Å²) >= 11 is 0. The quantitative estimate of drug-likeness (QED) is 0.454. The molecule has 1 spiro atoms. The van der Waals surface area contributed by atoms with Crippen LogP contribution in [0.2, 0.25) is 0 Å². The lowest BCUT2D eigenvalue weighted by Crippen LogP contribution is -2.65. The minimum atomic E-state index is -1.13. The van der Waals surface area contributed by atoms with Crippen molar-refractivity contribution in [3.8, 4) is 23.0 Å². The highest BCUT2D eigenvalue weighted by Crippen LogP contribution is 2.70. The number of rotatable bonds is 2. The molecule has 0 radical (unpaired) electrons. The number of nitrogens with zero attached hydrogens (tertiary/aromatic N) is 1. The van der Waals surface area contributed by atoms with Crippen molar-refractivity contribution in [1.29, 1.82) is 0 Å². The second-order valence-electron chi connectivity index (χ2n) is 13.9. The first kappa shape index (κ1) is 27.6. The van der Waals surface area contributed by atoms with E-state index in [1.54, 1.807) is 6.20 Å². The molecule has 0 bridgehead atoms. The summed E-state index contributed by atoms with van der Waals surface area (Å²) in [7, 11) is 0. The van der Waals surface area contributed by atoms with Crippen molar-refractivity contribution in [2.45, 2.75) is 81.7 Å². The van der Waals surface area contributed by atoms with Gasteiger partial charge in [-0.1, -0.05) is 56.0 Å². The highest BCUT2D eigenvalue weighted by molar-refractivity contribution is 5.62. The van der Waals surface area contributed by atoms with Crippen molar-refractivity contribution in [3.63, 3.8) is 0 Å². The normalized spacial score (nSPS) is 42.6. The first-order chi connectivity index (χ1) is 19.7. The summed E-state index contributed by atoms with van der Waals surface area (Å²) in [6, 6.07) is 12.9. The zero-order chi connectivity index (χ0) is 28.5. The molecule has 0 amide bonds. The summed E-state index contributed by atoms with van der Waals surface area (Å²) < 4.78 is 12.3. The summed E-state index contributed by atoms with van der Waals surface area (Å²) in [4.78, 5) is 4.30. The largest absolute Gasteiger partial charge is 0.389 e. The lowest BCUT2D eigenvalue weighted by Gasteiger charge is -2.64. The van der Waals surface area contributed by atoms with Gasteiger partial charge in [-0.25, -0.2) is 0 Å². The van der Waals surface area contributed by atoms with E-state index in [1.165, 1.54) is 5.56 Å². The van der Waals surface area contributed by atoms with Crippen molar-refractivity contribution >= 4 is 0 Å².